The topological polar surface area (TPSA) is 58.6 Å². The smallest absolute Gasteiger partial charge is 0.404 e. The lowest BCUT2D eigenvalue weighted by Gasteiger charge is -2.15. The number of amides is 1. The Morgan fingerprint density at radius 2 is 1.94 bits per heavy atom. The van der Waals surface area contributed by atoms with Crippen molar-refractivity contribution in [3.63, 3.8) is 0 Å². The van der Waals surface area contributed by atoms with Gasteiger partial charge in [0.05, 0.1) is 12.7 Å². The van der Waals surface area contributed by atoms with Crippen LogP contribution in [-0.4, -0.2) is 23.3 Å². The summed E-state index contributed by atoms with van der Waals surface area (Å²) in [5, 5.41) is 11.2. The lowest BCUT2D eigenvalue weighted by molar-refractivity contribution is 0.0355. The van der Waals surface area contributed by atoms with E-state index in [9.17, 15) is 4.79 Å². The van der Waals surface area contributed by atoms with Gasteiger partial charge in [0.2, 0.25) is 0 Å². The summed E-state index contributed by atoms with van der Waals surface area (Å²) in [7, 11) is 0. The highest BCUT2D eigenvalue weighted by Crippen LogP contribution is 2.52. The Bertz CT molecular complexity index is 422. The molecule has 96 valence electrons. The molecule has 4 nitrogen and oxygen atoms in total. The van der Waals surface area contributed by atoms with E-state index in [-0.39, 0.29) is 6.04 Å². The van der Waals surface area contributed by atoms with Gasteiger partial charge < -0.3 is 15.2 Å². The number of carbonyl (C=O) groups is 1. The van der Waals surface area contributed by atoms with Crippen molar-refractivity contribution in [2.24, 2.45) is 11.8 Å². The van der Waals surface area contributed by atoms with E-state index in [2.05, 4.69) is 17.4 Å². The second kappa shape index (κ2) is 4.61. The number of hydrogen-bond acceptors (Lipinski definition) is 2. The summed E-state index contributed by atoms with van der Waals surface area (Å²) in [5.41, 5.74) is 1.19. The quantitative estimate of drug-likeness (QED) is 0.858. The van der Waals surface area contributed by atoms with Crippen molar-refractivity contribution in [3.05, 3.63) is 35.9 Å². The number of rotatable bonds is 4. The Labute approximate surface area is 106 Å². The molecule has 4 heteroatoms. The van der Waals surface area contributed by atoms with Crippen molar-refractivity contribution in [1.29, 1.82) is 0 Å². The van der Waals surface area contributed by atoms with E-state index >= 15 is 0 Å². The van der Waals surface area contributed by atoms with Crippen LogP contribution in [0.2, 0.25) is 0 Å². The number of hydrogen-bond donors (Lipinski definition) is 2. The molecule has 1 amide bonds. The van der Waals surface area contributed by atoms with Gasteiger partial charge in [-0.05, 0) is 30.2 Å². The monoisotopic (exact) mass is 247 g/mol. The van der Waals surface area contributed by atoms with Crippen LogP contribution in [0.25, 0.3) is 0 Å². The zero-order valence-electron chi connectivity index (χ0n) is 10.1. The second-order valence-electron chi connectivity index (χ2n) is 5.19. The Kier molecular flexibility index (Phi) is 2.96. The Morgan fingerprint density at radius 1 is 1.28 bits per heavy atom. The van der Waals surface area contributed by atoms with Gasteiger partial charge in [0.25, 0.3) is 0 Å². The van der Waals surface area contributed by atoms with Gasteiger partial charge in [-0.3, -0.25) is 0 Å². The third-order valence-corrected chi connectivity index (χ3v) is 4.02. The first-order chi connectivity index (χ1) is 8.74. The summed E-state index contributed by atoms with van der Waals surface area (Å²) in [5.74, 6) is 1.00. The van der Waals surface area contributed by atoms with Crippen LogP contribution in [0.4, 0.5) is 4.79 Å². The van der Waals surface area contributed by atoms with Gasteiger partial charge >= 0.3 is 6.09 Å². The first-order valence-corrected chi connectivity index (χ1v) is 6.39. The van der Waals surface area contributed by atoms with Crippen LogP contribution in [-0.2, 0) is 11.3 Å². The van der Waals surface area contributed by atoms with Crippen molar-refractivity contribution in [2.75, 3.05) is 0 Å². The first-order valence-electron chi connectivity index (χ1n) is 6.39. The molecule has 1 aromatic rings. The van der Waals surface area contributed by atoms with Crippen LogP contribution in [0, 0.1) is 11.8 Å². The van der Waals surface area contributed by atoms with Crippen LogP contribution < -0.4 is 5.32 Å². The number of carboxylic acid groups (broad SMARTS) is 1. The number of nitrogens with one attached hydrogen (secondary N) is 1. The standard InChI is InChI=1S/C14H17NO3/c16-14(17)15-13-11-6-10(7-12(11)13)18-8-9-4-2-1-3-5-9/h1-5,10-13,15H,6-8H2,(H,16,17)/t10-,11-,12+,13-. The van der Waals surface area contributed by atoms with Gasteiger partial charge in [-0.1, -0.05) is 30.3 Å². The summed E-state index contributed by atoms with van der Waals surface area (Å²) in [6, 6.07) is 10.3. The van der Waals surface area contributed by atoms with E-state index in [4.69, 9.17) is 9.84 Å². The molecule has 1 aromatic carbocycles. The van der Waals surface area contributed by atoms with Crippen molar-refractivity contribution in [3.8, 4) is 0 Å². The SMILES string of the molecule is O=C(O)N[C@@H]1[C@@H]2C[C@@H](OCc3ccccc3)C[C@@H]21. The van der Waals surface area contributed by atoms with Gasteiger partial charge in [0.1, 0.15) is 0 Å². The normalized spacial score (nSPS) is 32.9. The summed E-state index contributed by atoms with van der Waals surface area (Å²) in [6.45, 7) is 0.655. The predicted molar refractivity (Wildman–Crippen MR) is 66.2 cm³/mol. The first kappa shape index (κ1) is 11.5. The number of fused-ring (bicyclic) bond motifs is 1. The van der Waals surface area contributed by atoms with Gasteiger partial charge in [-0.25, -0.2) is 4.79 Å². The molecule has 0 heterocycles. The summed E-state index contributed by atoms with van der Waals surface area (Å²) in [6.07, 6.45) is 1.37. The molecule has 3 rings (SSSR count). The molecule has 4 atom stereocenters. The summed E-state index contributed by atoms with van der Waals surface area (Å²) >= 11 is 0. The van der Waals surface area contributed by atoms with Crippen molar-refractivity contribution >= 4 is 6.09 Å². The molecule has 0 saturated heterocycles. The van der Waals surface area contributed by atoms with Crippen molar-refractivity contribution in [2.45, 2.75) is 31.6 Å². The minimum absolute atomic E-state index is 0.180. The molecule has 2 aliphatic carbocycles. The minimum atomic E-state index is -0.906. The van der Waals surface area contributed by atoms with Crippen molar-refractivity contribution < 1.29 is 14.6 Å². The maximum absolute atomic E-state index is 10.5. The largest absolute Gasteiger partial charge is 0.465 e. The second-order valence-corrected chi connectivity index (χ2v) is 5.19. The molecule has 0 aromatic heterocycles. The van der Waals surface area contributed by atoms with Gasteiger partial charge in [0.15, 0.2) is 0 Å². The zero-order valence-corrected chi connectivity index (χ0v) is 10.1. The molecule has 0 spiro atoms. The van der Waals surface area contributed by atoms with E-state index in [0.717, 1.165) is 12.8 Å². The Hall–Kier alpha value is -1.55. The fourth-order valence-electron chi connectivity index (χ4n) is 3.07. The molecule has 0 bridgehead atoms. The van der Waals surface area contributed by atoms with E-state index in [1.165, 1.54) is 5.56 Å². The maximum Gasteiger partial charge on any atom is 0.404 e. The third-order valence-electron chi connectivity index (χ3n) is 4.02. The fraction of sp³-hybridized carbons (Fsp3) is 0.500. The van der Waals surface area contributed by atoms with E-state index in [1.807, 2.05) is 18.2 Å². The lowest BCUT2D eigenvalue weighted by Crippen LogP contribution is -2.28. The molecule has 0 aliphatic heterocycles. The highest BCUT2D eigenvalue weighted by atomic mass is 16.5. The van der Waals surface area contributed by atoms with Gasteiger partial charge in [-0.2, -0.15) is 0 Å². The maximum atomic E-state index is 10.5. The van der Waals surface area contributed by atoms with Crippen LogP contribution in [0.3, 0.4) is 0 Å². The Morgan fingerprint density at radius 3 is 2.56 bits per heavy atom. The molecule has 2 aliphatic rings. The number of ether oxygens (including phenoxy) is 1. The summed E-state index contributed by atoms with van der Waals surface area (Å²) < 4.78 is 5.87. The minimum Gasteiger partial charge on any atom is -0.465 e. The van der Waals surface area contributed by atoms with Crippen LogP contribution >= 0.6 is 0 Å². The lowest BCUT2D eigenvalue weighted by atomic mass is 10.1. The highest BCUT2D eigenvalue weighted by Gasteiger charge is 2.57. The van der Waals surface area contributed by atoms with E-state index in [1.54, 1.807) is 0 Å². The molecule has 2 saturated carbocycles. The molecular weight excluding hydrogens is 230 g/mol. The Balaban J connectivity index is 1.42. The van der Waals surface area contributed by atoms with E-state index < -0.39 is 6.09 Å². The van der Waals surface area contributed by atoms with Gasteiger partial charge in [0, 0.05) is 6.04 Å². The third kappa shape index (κ3) is 2.34. The predicted octanol–water partition coefficient (Wildman–Crippen LogP) is 2.25. The molecule has 2 fully saturated rings. The summed E-state index contributed by atoms with van der Waals surface area (Å²) in [4.78, 5) is 10.5. The molecule has 18 heavy (non-hydrogen) atoms. The molecule has 2 N–H and O–H groups in total. The van der Waals surface area contributed by atoms with E-state index in [0.29, 0.717) is 24.5 Å². The fourth-order valence-corrected chi connectivity index (χ4v) is 3.07. The molecule has 0 unspecified atom stereocenters. The van der Waals surface area contributed by atoms with Crippen LogP contribution in [0.1, 0.15) is 18.4 Å². The van der Waals surface area contributed by atoms with Crippen LogP contribution in [0.15, 0.2) is 30.3 Å². The van der Waals surface area contributed by atoms with Gasteiger partial charge in [-0.15, -0.1) is 0 Å². The zero-order chi connectivity index (χ0) is 12.5. The number of benzene rings is 1. The highest BCUT2D eigenvalue weighted by molar-refractivity contribution is 5.65. The average Bonchev–Trinajstić information content (AvgIpc) is 2.83. The average molecular weight is 247 g/mol. The molecule has 0 radical (unpaired) electrons. The van der Waals surface area contributed by atoms with Crippen molar-refractivity contribution in [1.82, 2.24) is 5.32 Å². The van der Waals surface area contributed by atoms with Crippen LogP contribution in [0.5, 0.6) is 0 Å². The molecular formula is C14H17NO3.